The van der Waals surface area contributed by atoms with E-state index in [0.717, 1.165) is 35.5 Å². The lowest BCUT2D eigenvalue weighted by atomic mass is 9.91. The van der Waals surface area contributed by atoms with Crippen molar-refractivity contribution < 1.29 is 9.18 Å². The average Bonchev–Trinajstić information content (AvgIpc) is 2.75. The van der Waals surface area contributed by atoms with Crippen LogP contribution in [-0.4, -0.2) is 38.8 Å². The first-order valence-corrected chi connectivity index (χ1v) is 10.3. The van der Waals surface area contributed by atoms with E-state index in [1.165, 1.54) is 6.07 Å². The average molecular weight is 404 g/mol. The van der Waals surface area contributed by atoms with E-state index in [1.807, 2.05) is 36.9 Å². The fourth-order valence-corrected chi connectivity index (χ4v) is 3.98. The summed E-state index contributed by atoms with van der Waals surface area (Å²) in [5.74, 6) is 0.0374. The molecule has 1 aliphatic heterocycles. The van der Waals surface area contributed by atoms with Gasteiger partial charge in [0.15, 0.2) is 0 Å². The highest BCUT2D eigenvalue weighted by Gasteiger charge is 2.26. The van der Waals surface area contributed by atoms with Gasteiger partial charge in [-0.2, -0.15) is 0 Å². The minimum absolute atomic E-state index is 0.0709. The standard InChI is InChI=1S/C24H25FN4O/c1-16-11-18(12-20-5-3-4-6-21(20)25)13-22(28-16)19-7-9-29(10-8-19)24(30)23-15-26-17(2)14-27-23/h3-6,11,13-15,19H,7-10,12H2,1-2H3. The fraction of sp³-hybridized carbons (Fsp3) is 0.333. The van der Waals surface area contributed by atoms with Crippen LogP contribution in [0.4, 0.5) is 4.39 Å². The molecule has 0 saturated carbocycles. The van der Waals surface area contributed by atoms with Gasteiger partial charge in [0, 0.05) is 43.0 Å². The molecule has 5 nitrogen and oxygen atoms in total. The van der Waals surface area contributed by atoms with E-state index in [1.54, 1.807) is 18.5 Å². The van der Waals surface area contributed by atoms with Gasteiger partial charge >= 0.3 is 0 Å². The predicted octanol–water partition coefficient (Wildman–Crippen LogP) is 4.24. The zero-order valence-corrected chi connectivity index (χ0v) is 17.3. The van der Waals surface area contributed by atoms with Crippen molar-refractivity contribution in [3.05, 3.63) is 88.5 Å². The Bertz CT molecular complexity index is 1040. The van der Waals surface area contributed by atoms with E-state index in [2.05, 4.69) is 16.0 Å². The maximum atomic E-state index is 14.0. The second kappa shape index (κ2) is 8.69. The molecule has 0 radical (unpaired) electrons. The van der Waals surface area contributed by atoms with Gasteiger partial charge in [0.05, 0.1) is 11.9 Å². The first-order chi connectivity index (χ1) is 14.5. The normalized spacial score (nSPS) is 14.7. The number of aryl methyl sites for hydroxylation is 2. The van der Waals surface area contributed by atoms with E-state index >= 15 is 0 Å². The number of likely N-dealkylation sites (tertiary alicyclic amines) is 1. The van der Waals surface area contributed by atoms with Crippen LogP contribution in [0.3, 0.4) is 0 Å². The lowest BCUT2D eigenvalue weighted by Gasteiger charge is -2.31. The molecule has 0 N–H and O–H groups in total. The molecule has 3 aromatic rings. The Morgan fingerprint density at radius 3 is 2.53 bits per heavy atom. The van der Waals surface area contributed by atoms with Gasteiger partial charge in [-0.15, -0.1) is 0 Å². The molecule has 3 heterocycles. The molecule has 1 amide bonds. The number of rotatable bonds is 4. The number of nitrogens with zero attached hydrogens (tertiary/aromatic N) is 4. The summed E-state index contributed by atoms with van der Waals surface area (Å²) < 4.78 is 14.0. The molecular weight excluding hydrogens is 379 g/mol. The zero-order valence-electron chi connectivity index (χ0n) is 17.3. The summed E-state index contributed by atoms with van der Waals surface area (Å²) in [5.41, 5.74) is 4.91. The number of piperidine rings is 1. The Balaban J connectivity index is 1.44. The van der Waals surface area contributed by atoms with Gasteiger partial charge < -0.3 is 4.90 Å². The Kier molecular flexibility index (Phi) is 5.84. The summed E-state index contributed by atoms with van der Waals surface area (Å²) in [7, 11) is 0. The van der Waals surface area contributed by atoms with Crippen molar-refractivity contribution in [3.8, 4) is 0 Å². The number of hydrogen-bond donors (Lipinski definition) is 0. The number of pyridine rings is 1. The third-order valence-electron chi connectivity index (χ3n) is 5.59. The molecule has 2 aromatic heterocycles. The molecule has 0 atom stereocenters. The number of carbonyl (C=O) groups is 1. The summed E-state index contributed by atoms with van der Waals surface area (Å²) in [6.07, 6.45) is 5.41. The van der Waals surface area contributed by atoms with Gasteiger partial charge in [-0.1, -0.05) is 18.2 Å². The van der Waals surface area contributed by atoms with Crippen molar-refractivity contribution >= 4 is 5.91 Å². The van der Waals surface area contributed by atoms with Crippen LogP contribution in [0, 0.1) is 19.7 Å². The highest BCUT2D eigenvalue weighted by Crippen LogP contribution is 2.29. The molecule has 0 spiro atoms. The number of amides is 1. The SMILES string of the molecule is Cc1cnc(C(=O)N2CCC(c3cc(Cc4ccccc4F)cc(C)n3)CC2)cn1. The first-order valence-electron chi connectivity index (χ1n) is 10.3. The first kappa shape index (κ1) is 20.1. The van der Waals surface area contributed by atoms with Crippen LogP contribution in [0.5, 0.6) is 0 Å². The Labute approximate surface area is 176 Å². The van der Waals surface area contributed by atoms with Gasteiger partial charge in [0.25, 0.3) is 5.91 Å². The number of aromatic nitrogens is 3. The third kappa shape index (κ3) is 4.53. The van der Waals surface area contributed by atoms with Gasteiger partial charge in [-0.25, -0.2) is 9.37 Å². The third-order valence-corrected chi connectivity index (χ3v) is 5.59. The molecule has 0 aliphatic carbocycles. The van der Waals surface area contributed by atoms with Crippen LogP contribution >= 0.6 is 0 Å². The lowest BCUT2D eigenvalue weighted by Crippen LogP contribution is -2.38. The smallest absolute Gasteiger partial charge is 0.274 e. The summed E-state index contributed by atoms with van der Waals surface area (Å²) >= 11 is 0. The Hall–Kier alpha value is -3.15. The van der Waals surface area contributed by atoms with Crippen molar-refractivity contribution in [3.63, 3.8) is 0 Å². The molecule has 4 rings (SSSR count). The van der Waals surface area contributed by atoms with Crippen LogP contribution in [0.1, 0.15) is 57.5 Å². The second-order valence-electron chi connectivity index (χ2n) is 7.92. The topological polar surface area (TPSA) is 59.0 Å². The highest BCUT2D eigenvalue weighted by molar-refractivity contribution is 5.92. The Morgan fingerprint density at radius 1 is 1.07 bits per heavy atom. The van der Waals surface area contributed by atoms with Crippen LogP contribution in [0.25, 0.3) is 0 Å². The molecule has 154 valence electrons. The van der Waals surface area contributed by atoms with Crippen LogP contribution in [0.15, 0.2) is 48.8 Å². The van der Waals surface area contributed by atoms with E-state index in [0.29, 0.717) is 30.8 Å². The number of benzene rings is 1. The van der Waals surface area contributed by atoms with Crippen molar-refractivity contribution in [1.29, 1.82) is 0 Å². The molecule has 1 aliphatic rings. The van der Waals surface area contributed by atoms with Gasteiger partial charge in [-0.3, -0.25) is 14.8 Å². The molecule has 1 aromatic carbocycles. The predicted molar refractivity (Wildman–Crippen MR) is 113 cm³/mol. The largest absolute Gasteiger partial charge is 0.337 e. The maximum Gasteiger partial charge on any atom is 0.274 e. The molecule has 1 fully saturated rings. The van der Waals surface area contributed by atoms with Gasteiger partial charge in [0.1, 0.15) is 11.5 Å². The van der Waals surface area contributed by atoms with Gasteiger partial charge in [-0.05, 0) is 56.0 Å². The van der Waals surface area contributed by atoms with Crippen molar-refractivity contribution in [2.75, 3.05) is 13.1 Å². The number of hydrogen-bond acceptors (Lipinski definition) is 4. The molecular formula is C24H25FN4O. The summed E-state index contributed by atoms with van der Waals surface area (Å²) in [6.45, 7) is 5.15. The quantitative estimate of drug-likeness (QED) is 0.653. The molecule has 0 unspecified atom stereocenters. The van der Waals surface area contributed by atoms with E-state index in [9.17, 15) is 9.18 Å². The second-order valence-corrected chi connectivity index (χ2v) is 7.92. The van der Waals surface area contributed by atoms with Crippen molar-refractivity contribution in [2.24, 2.45) is 0 Å². The van der Waals surface area contributed by atoms with Gasteiger partial charge in [0.2, 0.25) is 0 Å². The number of halogens is 1. The van der Waals surface area contributed by atoms with E-state index in [4.69, 9.17) is 4.98 Å². The lowest BCUT2D eigenvalue weighted by molar-refractivity contribution is 0.0705. The number of carbonyl (C=O) groups excluding carboxylic acids is 1. The van der Waals surface area contributed by atoms with E-state index < -0.39 is 0 Å². The minimum Gasteiger partial charge on any atom is -0.337 e. The van der Waals surface area contributed by atoms with Crippen LogP contribution in [-0.2, 0) is 6.42 Å². The molecule has 1 saturated heterocycles. The molecule has 6 heteroatoms. The van der Waals surface area contributed by atoms with Crippen molar-refractivity contribution in [1.82, 2.24) is 19.9 Å². The Morgan fingerprint density at radius 2 is 1.83 bits per heavy atom. The minimum atomic E-state index is -0.181. The monoisotopic (exact) mass is 404 g/mol. The highest BCUT2D eigenvalue weighted by atomic mass is 19.1. The zero-order chi connectivity index (χ0) is 21.1. The molecule has 0 bridgehead atoms. The van der Waals surface area contributed by atoms with E-state index in [-0.39, 0.29) is 17.6 Å². The van der Waals surface area contributed by atoms with Crippen LogP contribution in [0.2, 0.25) is 0 Å². The summed E-state index contributed by atoms with van der Waals surface area (Å²) in [6, 6.07) is 11.0. The fourth-order valence-electron chi connectivity index (χ4n) is 3.98. The van der Waals surface area contributed by atoms with Crippen molar-refractivity contribution in [2.45, 2.75) is 39.0 Å². The summed E-state index contributed by atoms with van der Waals surface area (Å²) in [4.78, 5) is 27.6. The maximum absolute atomic E-state index is 14.0. The molecule has 30 heavy (non-hydrogen) atoms. The summed E-state index contributed by atoms with van der Waals surface area (Å²) in [5, 5.41) is 0. The van der Waals surface area contributed by atoms with Crippen LogP contribution < -0.4 is 0 Å².